The maximum absolute atomic E-state index is 5.91. The second-order valence-electron chi connectivity index (χ2n) is 4.31. The molecule has 0 radical (unpaired) electrons. The van der Waals surface area contributed by atoms with Crippen LogP contribution in [0.5, 0.6) is 0 Å². The summed E-state index contributed by atoms with van der Waals surface area (Å²) in [7, 11) is 0. The van der Waals surface area contributed by atoms with Crippen molar-refractivity contribution in [3.8, 4) is 0 Å². The van der Waals surface area contributed by atoms with Crippen molar-refractivity contribution in [2.75, 3.05) is 11.9 Å². The van der Waals surface area contributed by atoms with Crippen LogP contribution in [0.15, 0.2) is 36.7 Å². The largest absolute Gasteiger partial charge is 0.356 e. The predicted molar refractivity (Wildman–Crippen MR) is 76.3 cm³/mol. The molecule has 1 aromatic heterocycles. The summed E-state index contributed by atoms with van der Waals surface area (Å²) in [4.78, 5) is 4.34. The van der Waals surface area contributed by atoms with Crippen LogP contribution in [0, 0.1) is 0 Å². The Morgan fingerprint density at radius 2 is 2.06 bits per heavy atom. The molecular weight excluding hydrogens is 246 g/mol. The second-order valence-corrected chi connectivity index (χ2v) is 4.75. The molecule has 0 fully saturated rings. The van der Waals surface area contributed by atoms with Crippen molar-refractivity contribution >= 4 is 17.5 Å². The summed E-state index contributed by atoms with van der Waals surface area (Å²) >= 11 is 5.91. The number of halogens is 1. The topological polar surface area (TPSA) is 29.9 Å². The highest BCUT2D eigenvalue weighted by Gasteiger charge is 2.11. The lowest BCUT2D eigenvalue weighted by Crippen LogP contribution is -2.12. The SMILES string of the molecule is CCCNc1nccn1C(C)c1ccc(Cl)cc1. The Balaban J connectivity index is 2.20. The molecule has 2 aromatic rings. The number of hydrogen-bond donors (Lipinski definition) is 1. The van der Waals surface area contributed by atoms with Crippen molar-refractivity contribution in [3.63, 3.8) is 0 Å². The quantitative estimate of drug-likeness (QED) is 0.885. The van der Waals surface area contributed by atoms with Gasteiger partial charge in [-0.3, -0.25) is 0 Å². The van der Waals surface area contributed by atoms with Crippen molar-refractivity contribution in [3.05, 3.63) is 47.2 Å². The van der Waals surface area contributed by atoms with Crippen LogP contribution >= 0.6 is 11.6 Å². The third-order valence-corrected chi connectivity index (χ3v) is 3.22. The van der Waals surface area contributed by atoms with Crippen molar-refractivity contribution in [2.24, 2.45) is 0 Å². The summed E-state index contributed by atoms with van der Waals surface area (Å²) < 4.78 is 2.14. The molecule has 0 aliphatic rings. The van der Waals surface area contributed by atoms with Gasteiger partial charge in [0.2, 0.25) is 5.95 Å². The van der Waals surface area contributed by atoms with Gasteiger partial charge in [-0.1, -0.05) is 30.7 Å². The molecule has 1 N–H and O–H groups in total. The van der Waals surface area contributed by atoms with Crippen LogP contribution in [0.2, 0.25) is 5.02 Å². The Morgan fingerprint density at radius 3 is 2.72 bits per heavy atom. The van der Waals surface area contributed by atoms with E-state index in [1.54, 1.807) is 0 Å². The number of nitrogens with one attached hydrogen (secondary N) is 1. The molecule has 1 unspecified atom stereocenters. The Hall–Kier alpha value is -1.48. The highest BCUT2D eigenvalue weighted by molar-refractivity contribution is 6.30. The maximum atomic E-state index is 5.91. The summed E-state index contributed by atoms with van der Waals surface area (Å²) in [5.41, 5.74) is 1.22. The number of benzene rings is 1. The molecule has 1 atom stereocenters. The molecule has 0 spiro atoms. The summed E-state index contributed by atoms with van der Waals surface area (Å²) in [5, 5.41) is 4.10. The van der Waals surface area contributed by atoms with E-state index in [0.29, 0.717) is 0 Å². The Labute approximate surface area is 113 Å². The molecule has 0 saturated heterocycles. The number of rotatable bonds is 5. The zero-order valence-corrected chi connectivity index (χ0v) is 11.5. The van der Waals surface area contributed by atoms with Crippen LogP contribution in [-0.4, -0.2) is 16.1 Å². The van der Waals surface area contributed by atoms with Gasteiger partial charge < -0.3 is 9.88 Å². The first-order valence-electron chi connectivity index (χ1n) is 6.24. The molecule has 0 bridgehead atoms. The van der Waals surface area contributed by atoms with E-state index in [2.05, 4.69) is 40.8 Å². The van der Waals surface area contributed by atoms with Gasteiger partial charge in [-0.2, -0.15) is 0 Å². The number of imidazole rings is 1. The van der Waals surface area contributed by atoms with Crippen molar-refractivity contribution in [1.82, 2.24) is 9.55 Å². The third kappa shape index (κ3) is 2.85. The van der Waals surface area contributed by atoms with Crippen molar-refractivity contribution in [2.45, 2.75) is 26.3 Å². The molecule has 1 heterocycles. The first-order chi connectivity index (χ1) is 8.72. The van der Waals surface area contributed by atoms with E-state index >= 15 is 0 Å². The average Bonchev–Trinajstić information content (AvgIpc) is 2.84. The normalized spacial score (nSPS) is 12.4. The first-order valence-corrected chi connectivity index (χ1v) is 6.62. The summed E-state index contributed by atoms with van der Waals surface area (Å²) in [6.45, 7) is 5.23. The Kier molecular flexibility index (Phi) is 4.26. The van der Waals surface area contributed by atoms with Gasteiger partial charge in [0.1, 0.15) is 0 Å². The molecule has 0 aliphatic heterocycles. The zero-order valence-electron chi connectivity index (χ0n) is 10.7. The molecular formula is C14H18ClN3. The van der Waals surface area contributed by atoms with E-state index in [0.717, 1.165) is 23.9 Å². The van der Waals surface area contributed by atoms with E-state index in [1.165, 1.54) is 5.56 Å². The van der Waals surface area contributed by atoms with Gasteiger partial charge in [0.15, 0.2) is 0 Å². The Morgan fingerprint density at radius 1 is 1.33 bits per heavy atom. The smallest absolute Gasteiger partial charge is 0.203 e. The van der Waals surface area contributed by atoms with Crippen molar-refractivity contribution in [1.29, 1.82) is 0 Å². The van der Waals surface area contributed by atoms with Gasteiger partial charge in [0.25, 0.3) is 0 Å². The standard InChI is InChI=1S/C14H18ClN3/c1-3-8-16-14-17-9-10-18(14)11(2)12-4-6-13(15)7-5-12/h4-7,9-11H,3,8H2,1-2H3,(H,16,17). The lowest BCUT2D eigenvalue weighted by atomic mass is 10.1. The van der Waals surface area contributed by atoms with Crippen LogP contribution in [0.25, 0.3) is 0 Å². The number of anilines is 1. The molecule has 3 nitrogen and oxygen atoms in total. The van der Waals surface area contributed by atoms with Gasteiger partial charge in [0, 0.05) is 24.0 Å². The van der Waals surface area contributed by atoms with Crippen LogP contribution in [0.1, 0.15) is 31.9 Å². The minimum Gasteiger partial charge on any atom is -0.356 e. The van der Waals surface area contributed by atoms with E-state index in [9.17, 15) is 0 Å². The third-order valence-electron chi connectivity index (χ3n) is 2.97. The molecule has 2 rings (SSSR count). The predicted octanol–water partition coefficient (Wildman–Crippen LogP) is 3.97. The van der Waals surface area contributed by atoms with Crippen LogP contribution in [-0.2, 0) is 0 Å². The van der Waals surface area contributed by atoms with Gasteiger partial charge in [0.05, 0.1) is 6.04 Å². The van der Waals surface area contributed by atoms with Gasteiger partial charge in [-0.25, -0.2) is 4.98 Å². The fraction of sp³-hybridized carbons (Fsp3) is 0.357. The minimum atomic E-state index is 0.240. The first kappa shape index (κ1) is 13.0. The number of nitrogens with zero attached hydrogens (tertiary/aromatic N) is 2. The Bertz CT molecular complexity index is 490. The molecule has 0 amide bonds. The molecule has 18 heavy (non-hydrogen) atoms. The number of hydrogen-bond acceptors (Lipinski definition) is 2. The second kappa shape index (κ2) is 5.91. The lowest BCUT2D eigenvalue weighted by molar-refractivity contribution is 0.642. The van der Waals surface area contributed by atoms with E-state index in [4.69, 9.17) is 11.6 Å². The fourth-order valence-electron chi connectivity index (χ4n) is 1.90. The maximum Gasteiger partial charge on any atom is 0.203 e. The molecule has 96 valence electrons. The summed E-state index contributed by atoms with van der Waals surface area (Å²) in [5.74, 6) is 0.916. The summed E-state index contributed by atoms with van der Waals surface area (Å²) in [6, 6.07) is 8.18. The summed E-state index contributed by atoms with van der Waals surface area (Å²) in [6.07, 6.45) is 4.91. The molecule has 4 heteroatoms. The van der Waals surface area contributed by atoms with Crippen LogP contribution in [0.3, 0.4) is 0 Å². The average molecular weight is 264 g/mol. The monoisotopic (exact) mass is 263 g/mol. The molecule has 0 aliphatic carbocycles. The highest BCUT2D eigenvalue weighted by Crippen LogP contribution is 2.23. The minimum absolute atomic E-state index is 0.240. The van der Waals surface area contributed by atoms with Gasteiger partial charge in [-0.15, -0.1) is 0 Å². The van der Waals surface area contributed by atoms with Gasteiger partial charge >= 0.3 is 0 Å². The van der Waals surface area contributed by atoms with Crippen molar-refractivity contribution < 1.29 is 0 Å². The number of aromatic nitrogens is 2. The van der Waals surface area contributed by atoms with E-state index in [1.807, 2.05) is 24.5 Å². The van der Waals surface area contributed by atoms with Crippen LogP contribution in [0.4, 0.5) is 5.95 Å². The van der Waals surface area contributed by atoms with Crippen LogP contribution < -0.4 is 5.32 Å². The van der Waals surface area contributed by atoms with E-state index < -0.39 is 0 Å². The fourth-order valence-corrected chi connectivity index (χ4v) is 2.03. The zero-order chi connectivity index (χ0) is 13.0. The van der Waals surface area contributed by atoms with Gasteiger partial charge in [-0.05, 0) is 31.0 Å². The lowest BCUT2D eigenvalue weighted by Gasteiger charge is -2.17. The van der Waals surface area contributed by atoms with E-state index in [-0.39, 0.29) is 6.04 Å². The molecule has 1 aromatic carbocycles. The highest BCUT2D eigenvalue weighted by atomic mass is 35.5. The molecule has 0 saturated carbocycles.